The van der Waals surface area contributed by atoms with Gasteiger partial charge in [-0.05, 0) is 44.4 Å². The fourth-order valence-corrected chi connectivity index (χ4v) is 2.47. The van der Waals surface area contributed by atoms with E-state index in [0.717, 1.165) is 5.92 Å². The van der Waals surface area contributed by atoms with E-state index in [1.54, 1.807) is 11.1 Å². The molecule has 0 fully saturated rings. The maximum Gasteiger partial charge on any atom is -0.0257 e. The molecule has 102 valence electrons. The molecule has 0 aliphatic heterocycles. The summed E-state index contributed by atoms with van der Waals surface area (Å²) in [5.41, 5.74) is 3.59. The van der Waals surface area contributed by atoms with Crippen molar-refractivity contribution in [1.29, 1.82) is 0 Å². The Morgan fingerprint density at radius 1 is 0.706 bits per heavy atom. The van der Waals surface area contributed by atoms with E-state index >= 15 is 0 Å². The second kappa shape index (κ2) is 10.9. The lowest BCUT2D eigenvalue weighted by Crippen LogP contribution is -2.01. The van der Waals surface area contributed by atoms with Crippen molar-refractivity contribution in [3.05, 3.63) is 11.1 Å². The van der Waals surface area contributed by atoms with Gasteiger partial charge in [0.05, 0.1) is 0 Å². The Labute approximate surface area is 110 Å². The first kappa shape index (κ1) is 16.7. The Balaban J connectivity index is 4.67. The van der Waals surface area contributed by atoms with Crippen LogP contribution in [-0.4, -0.2) is 0 Å². The van der Waals surface area contributed by atoms with Gasteiger partial charge in [0.25, 0.3) is 0 Å². The summed E-state index contributed by atoms with van der Waals surface area (Å²) in [4.78, 5) is 0. The zero-order valence-electron chi connectivity index (χ0n) is 12.9. The van der Waals surface area contributed by atoms with Crippen LogP contribution < -0.4 is 0 Å². The molecule has 0 spiro atoms. The van der Waals surface area contributed by atoms with Gasteiger partial charge >= 0.3 is 0 Å². The molecular weight excluding hydrogens is 204 g/mol. The molecular formula is C17H34. The first-order valence-electron chi connectivity index (χ1n) is 7.88. The smallest absolute Gasteiger partial charge is 0.0257 e. The standard InChI is InChI=1S/C17H34/c1-6-9-12-16(13-10-7-2)17(15(4)5)14-11-8-3/h15H,6-14H2,1-5H3. The lowest BCUT2D eigenvalue weighted by molar-refractivity contribution is 0.623. The Hall–Kier alpha value is -0.260. The van der Waals surface area contributed by atoms with Gasteiger partial charge in [-0.3, -0.25) is 0 Å². The minimum Gasteiger partial charge on any atom is -0.0708 e. The highest BCUT2D eigenvalue weighted by Gasteiger charge is 2.10. The van der Waals surface area contributed by atoms with Crippen molar-refractivity contribution >= 4 is 0 Å². The molecule has 0 saturated carbocycles. The van der Waals surface area contributed by atoms with Crippen LogP contribution in [0.15, 0.2) is 11.1 Å². The predicted molar refractivity (Wildman–Crippen MR) is 80.4 cm³/mol. The molecule has 0 aromatic rings. The molecule has 0 N–H and O–H groups in total. The predicted octanol–water partition coefficient (Wildman–Crippen LogP) is 6.51. The summed E-state index contributed by atoms with van der Waals surface area (Å²) < 4.78 is 0. The van der Waals surface area contributed by atoms with Gasteiger partial charge in [-0.1, -0.05) is 65.0 Å². The lowest BCUT2D eigenvalue weighted by atomic mass is 9.88. The first-order chi connectivity index (χ1) is 8.17. The largest absolute Gasteiger partial charge is 0.0708 e. The van der Waals surface area contributed by atoms with E-state index in [-0.39, 0.29) is 0 Å². The summed E-state index contributed by atoms with van der Waals surface area (Å²) in [6, 6.07) is 0. The minimum absolute atomic E-state index is 0.755. The molecule has 0 atom stereocenters. The Kier molecular flexibility index (Phi) is 10.7. The van der Waals surface area contributed by atoms with Crippen LogP contribution >= 0.6 is 0 Å². The lowest BCUT2D eigenvalue weighted by Gasteiger charge is -2.19. The summed E-state index contributed by atoms with van der Waals surface area (Å²) in [6.45, 7) is 11.7. The highest BCUT2D eigenvalue weighted by atomic mass is 14.2. The van der Waals surface area contributed by atoms with Crippen LogP contribution in [0.1, 0.15) is 92.4 Å². The monoisotopic (exact) mass is 238 g/mol. The zero-order valence-corrected chi connectivity index (χ0v) is 12.9. The molecule has 0 saturated heterocycles. The highest BCUT2D eigenvalue weighted by molar-refractivity contribution is 5.16. The molecule has 0 rings (SSSR count). The molecule has 17 heavy (non-hydrogen) atoms. The third kappa shape index (κ3) is 7.63. The summed E-state index contributed by atoms with van der Waals surface area (Å²) in [5, 5.41) is 0. The van der Waals surface area contributed by atoms with E-state index in [2.05, 4.69) is 34.6 Å². The van der Waals surface area contributed by atoms with Crippen molar-refractivity contribution in [2.75, 3.05) is 0 Å². The second-order valence-corrected chi connectivity index (χ2v) is 5.59. The highest BCUT2D eigenvalue weighted by Crippen LogP contribution is 2.28. The van der Waals surface area contributed by atoms with Gasteiger partial charge in [-0.15, -0.1) is 0 Å². The average molecular weight is 238 g/mol. The molecule has 0 bridgehead atoms. The van der Waals surface area contributed by atoms with Crippen LogP contribution in [0.2, 0.25) is 0 Å². The summed E-state index contributed by atoms with van der Waals surface area (Å²) >= 11 is 0. The molecule has 0 aromatic heterocycles. The fourth-order valence-electron chi connectivity index (χ4n) is 2.47. The van der Waals surface area contributed by atoms with Crippen molar-refractivity contribution in [2.45, 2.75) is 92.4 Å². The Bertz CT molecular complexity index is 188. The first-order valence-corrected chi connectivity index (χ1v) is 7.88. The van der Waals surface area contributed by atoms with E-state index in [0.29, 0.717) is 0 Å². The van der Waals surface area contributed by atoms with Gasteiger partial charge in [0, 0.05) is 0 Å². The van der Waals surface area contributed by atoms with Crippen LogP contribution in [0.25, 0.3) is 0 Å². The molecule has 0 heterocycles. The zero-order chi connectivity index (χ0) is 13.1. The van der Waals surface area contributed by atoms with Crippen LogP contribution in [0, 0.1) is 5.92 Å². The number of unbranched alkanes of at least 4 members (excludes halogenated alkanes) is 3. The third-order valence-corrected chi connectivity index (χ3v) is 3.61. The number of hydrogen-bond acceptors (Lipinski definition) is 0. The molecule has 0 nitrogen and oxygen atoms in total. The summed E-state index contributed by atoms with van der Waals surface area (Å²) in [5.74, 6) is 0.755. The average Bonchev–Trinajstić information content (AvgIpc) is 2.31. The Morgan fingerprint density at radius 3 is 1.47 bits per heavy atom. The van der Waals surface area contributed by atoms with Gasteiger partial charge in [-0.2, -0.15) is 0 Å². The second-order valence-electron chi connectivity index (χ2n) is 5.59. The van der Waals surface area contributed by atoms with Gasteiger partial charge in [-0.25, -0.2) is 0 Å². The van der Waals surface area contributed by atoms with Crippen LogP contribution in [0.4, 0.5) is 0 Å². The molecule has 0 amide bonds. The number of rotatable bonds is 10. The summed E-state index contributed by atoms with van der Waals surface area (Å²) in [6.07, 6.45) is 12.2. The minimum atomic E-state index is 0.755. The fraction of sp³-hybridized carbons (Fsp3) is 0.882. The van der Waals surface area contributed by atoms with E-state index in [1.807, 2.05) is 0 Å². The maximum atomic E-state index is 2.38. The van der Waals surface area contributed by atoms with Crippen molar-refractivity contribution in [2.24, 2.45) is 5.92 Å². The molecule has 0 unspecified atom stereocenters. The third-order valence-electron chi connectivity index (χ3n) is 3.61. The quantitative estimate of drug-likeness (QED) is 0.381. The Morgan fingerprint density at radius 2 is 1.12 bits per heavy atom. The van der Waals surface area contributed by atoms with Crippen LogP contribution in [0.3, 0.4) is 0 Å². The van der Waals surface area contributed by atoms with Crippen molar-refractivity contribution < 1.29 is 0 Å². The molecule has 0 radical (unpaired) electrons. The van der Waals surface area contributed by atoms with Crippen molar-refractivity contribution in [3.63, 3.8) is 0 Å². The van der Waals surface area contributed by atoms with E-state index in [4.69, 9.17) is 0 Å². The van der Waals surface area contributed by atoms with E-state index in [1.165, 1.54) is 57.8 Å². The molecule has 0 aliphatic carbocycles. The van der Waals surface area contributed by atoms with Crippen LogP contribution in [-0.2, 0) is 0 Å². The number of hydrogen-bond donors (Lipinski definition) is 0. The van der Waals surface area contributed by atoms with Crippen molar-refractivity contribution in [1.82, 2.24) is 0 Å². The van der Waals surface area contributed by atoms with E-state index in [9.17, 15) is 0 Å². The van der Waals surface area contributed by atoms with Crippen LogP contribution in [0.5, 0.6) is 0 Å². The van der Waals surface area contributed by atoms with Gasteiger partial charge in [0.1, 0.15) is 0 Å². The SMILES string of the molecule is CCCCC(CCCC)=C(CCCC)C(C)C. The summed E-state index contributed by atoms with van der Waals surface area (Å²) in [7, 11) is 0. The molecule has 0 heteroatoms. The topological polar surface area (TPSA) is 0 Å². The van der Waals surface area contributed by atoms with Gasteiger partial charge < -0.3 is 0 Å². The van der Waals surface area contributed by atoms with Crippen molar-refractivity contribution in [3.8, 4) is 0 Å². The van der Waals surface area contributed by atoms with Gasteiger partial charge in [0.15, 0.2) is 0 Å². The molecule has 0 aliphatic rings. The maximum absolute atomic E-state index is 2.38. The van der Waals surface area contributed by atoms with Gasteiger partial charge in [0.2, 0.25) is 0 Å². The number of allylic oxidation sites excluding steroid dienone is 2. The van der Waals surface area contributed by atoms with E-state index < -0.39 is 0 Å². The normalized spacial score (nSPS) is 10.9. The molecule has 0 aromatic carbocycles.